The van der Waals surface area contributed by atoms with Crippen molar-refractivity contribution in [2.75, 3.05) is 11.9 Å². The highest BCUT2D eigenvalue weighted by Crippen LogP contribution is 2.24. The lowest BCUT2D eigenvalue weighted by Crippen LogP contribution is -2.58. The molecule has 8 nitrogen and oxygen atoms in total. The van der Waals surface area contributed by atoms with Crippen molar-refractivity contribution in [2.45, 2.75) is 64.8 Å². The first-order valence-corrected chi connectivity index (χ1v) is 11.2. The third-order valence-corrected chi connectivity index (χ3v) is 5.62. The van der Waals surface area contributed by atoms with Gasteiger partial charge in [0.05, 0.1) is 6.04 Å². The maximum atomic E-state index is 13.3. The van der Waals surface area contributed by atoms with Crippen molar-refractivity contribution < 1.29 is 32.3 Å². The average molecular weight is 485 g/mol. The summed E-state index contributed by atoms with van der Waals surface area (Å²) in [5.74, 6) is -4.49. The van der Waals surface area contributed by atoms with Crippen molar-refractivity contribution in [1.29, 1.82) is 0 Å². The van der Waals surface area contributed by atoms with Crippen molar-refractivity contribution in [3.63, 3.8) is 0 Å². The van der Waals surface area contributed by atoms with Crippen LogP contribution in [0, 0.1) is 11.8 Å². The Balaban J connectivity index is 2.12. The van der Waals surface area contributed by atoms with Crippen LogP contribution in [-0.2, 0) is 14.4 Å². The largest absolute Gasteiger partial charge is 0.452 e. The first-order valence-electron chi connectivity index (χ1n) is 11.2. The molecule has 0 spiro atoms. The molecule has 1 aromatic rings. The van der Waals surface area contributed by atoms with Crippen molar-refractivity contribution >= 4 is 29.3 Å². The standard InChI is InChI=1S/C23H31F3N4O4/c1-13(2)17(19(31)23(24,25)26)28-20(32)16-11-8-12-30(16)21(33)18(14(3)4)29-22(34)27-15-9-6-5-7-10-15/h5-7,9-10,13-14,16-18H,8,11-12H2,1-4H3,(H,28,32)(H2,27,29,34)/t16-,17?,18-/m0/s1. The first kappa shape index (κ1) is 27.1. The van der Waals surface area contributed by atoms with Gasteiger partial charge in [0.2, 0.25) is 11.8 Å². The van der Waals surface area contributed by atoms with Crippen molar-refractivity contribution in [2.24, 2.45) is 11.8 Å². The lowest BCUT2D eigenvalue weighted by Gasteiger charge is -2.31. The molecule has 0 aromatic heterocycles. The number of nitrogens with zero attached hydrogens (tertiary/aromatic N) is 1. The van der Waals surface area contributed by atoms with Gasteiger partial charge in [0.1, 0.15) is 12.1 Å². The summed E-state index contributed by atoms with van der Waals surface area (Å²) in [5.41, 5.74) is 0.530. The molecular weight excluding hydrogens is 453 g/mol. The van der Waals surface area contributed by atoms with Gasteiger partial charge in [0.25, 0.3) is 5.78 Å². The smallest absolute Gasteiger partial charge is 0.344 e. The number of halogens is 3. The van der Waals surface area contributed by atoms with Crippen molar-refractivity contribution in [1.82, 2.24) is 15.5 Å². The van der Waals surface area contributed by atoms with Crippen LogP contribution >= 0.6 is 0 Å². The van der Waals surface area contributed by atoms with Crippen LogP contribution in [0.1, 0.15) is 40.5 Å². The van der Waals surface area contributed by atoms with Gasteiger partial charge >= 0.3 is 12.2 Å². The number of rotatable bonds is 8. The fourth-order valence-corrected chi connectivity index (χ4v) is 3.79. The fourth-order valence-electron chi connectivity index (χ4n) is 3.79. The quantitative estimate of drug-likeness (QED) is 0.527. The number of ketones is 1. The van der Waals surface area contributed by atoms with Gasteiger partial charge in [-0.15, -0.1) is 0 Å². The minimum Gasteiger partial charge on any atom is -0.344 e. The summed E-state index contributed by atoms with van der Waals surface area (Å²) in [4.78, 5) is 51.6. The predicted molar refractivity (Wildman–Crippen MR) is 120 cm³/mol. The minimum atomic E-state index is -5.09. The highest BCUT2D eigenvalue weighted by Gasteiger charge is 2.46. The van der Waals surface area contributed by atoms with Crippen LogP contribution in [0.25, 0.3) is 0 Å². The van der Waals surface area contributed by atoms with Crippen LogP contribution in [0.15, 0.2) is 30.3 Å². The normalized spacial score (nSPS) is 17.9. The number of hydrogen-bond acceptors (Lipinski definition) is 4. The Labute approximate surface area is 196 Å². The van der Waals surface area contributed by atoms with E-state index in [-0.39, 0.29) is 18.9 Å². The van der Waals surface area contributed by atoms with Crippen LogP contribution in [0.2, 0.25) is 0 Å². The molecule has 11 heteroatoms. The number of Topliss-reactive ketones (excluding diaryl/α,β-unsaturated/α-hetero) is 1. The van der Waals surface area contributed by atoms with E-state index in [1.165, 1.54) is 18.7 Å². The zero-order valence-electron chi connectivity index (χ0n) is 19.6. The molecule has 4 amide bonds. The maximum Gasteiger partial charge on any atom is 0.452 e. The zero-order chi connectivity index (χ0) is 25.6. The molecule has 0 aliphatic carbocycles. The number of alkyl halides is 3. The van der Waals surface area contributed by atoms with Gasteiger partial charge < -0.3 is 20.9 Å². The van der Waals surface area contributed by atoms with Crippen LogP contribution in [-0.4, -0.2) is 59.4 Å². The van der Waals surface area contributed by atoms with Crippen LogP contribution in [0.5, 0.6) is 0 Å². The number of likely N-dealkylation sites (tertiary alicyclic amines) is 1. The van der Waals surface area contributed by atoms with Crippen molar-refractivity contribution in [3.8, 4) is 0 Å². The van der Waals surface area contributed by atoms with E-state index in [4.69, 9.17) is 0 Å². The predicted octanol–water partition coefficient (Wildman–Crippen LogP) is 3.10. The van der Waals surface area contributed by atoms with E-state index in [2.05, 4.69) is 16.0 Å². The number of anilines is 1. The number of carbonyl (C=O) groups is 4. The lowest BCUT2D eigenvalue weighted by atomic mass is 9.98. The number of carbonyl (C=O) groups excluding carboxylic acids is 4. The Bertz CT molecular complexity index is 890. The van der Waals surface area contributed by atoms with Gasteiger partial charge in [-0.2, -0.15) is 13.2 Å². The number of hydrogen-bond donors (Lipinski definition) is 3. The summed E-state index contributed by atoms with van der Waals surface area (Å²) in [5, 5.41) is 7.44. The van der Waals surface area contributed by atoms with Crippen molar-refractivity contribution in [3.05, 3.63) is 30.3 Å². The summed E-state index contributed by atoms with van der Waals surface area (Å²) >= 11 is 0. The number of para-hydroxylation sites is 1. The second kappa shape index (κ2) is 11.3. The van der Waals surface area contributed by atoms with Gasteiger partial charge in [-0.1, -0.05) is 45.9 Å². The third-order valence-electron chi connectivity index (χ3n) is 5.62. The molecule has 3 atom stereocenters. The van der Waals surface area contributed by atoms with Crippen LogP contribution in [0.4, 0.5) is 23.7 Å². The molecule has 1 fully saturated rings. The summed E-state index contributed by atoms with van der Waals surface area (Å²) in [6.45, 7) is 6.47. The molecule has 0 radical (unpaired) electrons. The molecule has 188 valence electrons. The Morgan fingerprint density at radius 1 is 0.941 bits per heavy atom. The third kappa shape index (κ3) is 6.94. The van der Waals surface area contributed by atoms with E-state index in [1.54, 1.807) is 44.2 Å². The highest BCUT2D eigenvalue weighted by molar-refractivity contribution is 5.97. The molecule has 1 saturated heterocycles. The van der Waals surface area contributed by atoms with E-state index >= 15 is 0 Å². The summed E-state index contributed by atoms with van der Waals surface area (Å²) < 4.78 is 38.9. The first-order chi connectivity index (χ1) is 15.8. The van der Waals surface area contributed by atoms with Gasteiger partial charge in [-0.05, 0) is 36.8 Å². The zero-order valence-corrected chi connectivity index (χ0v) is 19.6. The van der Waals surface area contributed by atoms with E-state index < -0.39 is 53.8 Å². The second-order valence-electron chi connectivity index (χ2n) is 8.97. The Morgan fingerprint density at radius 2 is 1.53 bits per heavy atom. The van der Waals surface area contributed by atoms with Crippen LogP contribution < -0.4 is 16.0 Å². The molecule has 1 heterocycles. The monoisotopic (exact) mass is 484 g/mol. The molecule has 2 rings (SSSR count). The van der Waals surface area contributed by atoms with E-state index in [0.717, 1.165) is 0 Å². The topological polar surface area (TPSA) is 108 Å². The number of nitrogens with one attached hydrogen (secondary N) is 3. The number of amides is 4. The molecule has 0 saturated carbocycles. The molecular formula is C23H31F3N4O4. The Kier molecular flexibility index (Phi) is 9.06. The van der Waals surface area contributed by atoms with E-state index in [1.807, 2.05) is 0 Å². The Morgan fingerprint density at radius 3 is 2.06 bits per heavy atom. The number of urea groups is 1. The molecule has 1 aliphatic rings. The fraction of sp³-hybridized carbons (Fsp3) is 0.565. The van der Waals surface area contributed by atoms with Gasteiger partial charge in [-0.25, -0.2) is 4.79 Å². The molecule has 0 bridgehead atoms. The van der Waals surface area contributed by atoms with E-state index in [0.29, 0.717) is 12.1 Å². The molecule has 1 unspecified atom stereocenters. The summed E-state index contributed by atoms with van der Waals surface area (Å²) in [6.07, 6.45) is -4.39. The van der Waals surface area contributed by atoms with Crippen LogP contribution in [0.3, 0.4) is 0 Å². The molecule has 34 heavy (non-hydrogen) atoms. The van der Waals surface area contributed by atoms with E-state index in [9.17, 15) is 32.3 Å². The van der Waals surface area contributed by atoms with Gasteiger partial charge in [0.15, 0.2) is 0 Å². The molecule has 1 aromatic carbocycles. The van der Waals surface area contributed by atoms with Gasteiger partial charge in [0, 0.05) is 12.2 Å². The summed E-state index contributed by atoms with van der Waals surface area (Å²) in [7, 11) is 0. The maximum absolute atomic E-state index is 13.3. The summed E-state index contributed by atoms with van der Waals surface area (Å²) in [6, 6.07) is 4.28. The lowest BCUT2D eigenvalue weighted by molar-refractivity contribution is -0.175. The Hall–Kier alpha value is -3.11. The molecule has 3 N–H and O–H groups in total. The van der Waals surface area contributed by atoms with Gasteiger partial charge in [-0.3, -0.25) is 14.4 Å². The second-order valence-corrected chi connectivity index (χ2v) is 8.97. The molecule has 1 aliphatic heterocycles. The SMILES string of the molecule is CC(C)C(NC(=O)[C@@H]1CCCN1C(=O)[C@@H](NC(=O)Nc1ccccc1)C(C)C)C(=O)C(F)(F)F. The highest BCUT2D eigenvalue weighted by atomic mass is 19.4. The average Bonchev–Trinajstić information content (AvgIpc) is 3.24. The minimum absolute atomic E-state index is 0.210. The number of benzene rings is 1.